The van der Waals surface area contributed by atoms with Gasteiger partial charge in [0.05, 0.1) is 16.5 Å². The topological polar surface area (TPSA) is 37.4 Å². The lowest BCUT2D eigenvalue weighted by atomic mass is 10.1. The highest BCUT2D eigenvalue weighted by atomic mass is 35.5. The van der Waals surface area contributed by atoms with Crippen molar-refractivity contribution in [1.29, 1.82) is 0 Å². The van der Waals surface area contributed by atoms with Crippen LogP contribution in [0.4, 0.5) is 0 Å². The van der Waals surface area contributed by atoms with Gasteiger partial charge in [-0.3, -0.25) is 14.5 Å². The molecule has 1 aliphatic heterocycles. The molecule has 1 saturated heterocycles. The number of rotatable bonds is 1. The largest absolute Gasteiger partial charge is 0.282 e. The average molecular weight is 270 g/mol. The molecule has 0 aliphatic carbocycles. The van der Waals surface area contributed by atoms with Crippen LogP contribution in [-0.2, 0) is 9.59 Å². The maximum Gasteiger partial charge on any atom is 0.256 e. The number of likely N-dealkylation sites (N-methyl/N-ethyl adjacent to an activating group) is 1. The standard InChI is InChI=1S/C12H9Cl2NO2/c1-15-11(16)6-8(12(15)17)4-7-2-3-9(13)10(14)5-7/h2-5H,6H2,1H3/b8-4+. The van der Waals surface area contributed by atoms with Crippen molar-refractivity contribution in [3.63, 3.8) is 0 Å². The minimum atomic E-state index is -0.263. The number of halogens is 2. The van der Waals surface area contributed by atoms with Gasteiger partial charge in [0.2, 0.25) is 5.91 Å². The van der Waals surface area contributed by atoms with Crippen LogP contribution in [0.2, 0.25) is 10.0 Å². The van der Waals surface area contributed by atoms with Gasteiger partial charge in [-0.15, -0.1) is 0 Å². The summed E-state index contributed by atoms with van der Waals surface area (Å²) < 4.78 is 0. The molecule has 17 heavy (non-hydrogen) atoms. The van der Waals surface area contributed by atoms with E-state index in [0.29, 0.717) is 15.6 Å². The molecule has 1 fully saturated rings. The first-order chi connectivity index (χ1) is 7.99. The highest BCUT2D eigenvalue weighted by Gasteiger charge is 2.30. The first-order valence-corrected chi connectivity index (χ1v) is 5.71. The van der Waals surface area contributed by atoms with Crippen molar-refractivity contribution >= 4 is 41.1 Å². The number of benzene rings is 1. The van der Waals surface area contributed by atoms with E-state index in [0.717, 1.165) is 10.5 Å². The van der Waals surface area contributed by atoms with Crippen molar-refractivity contribution in [2.24, 2.45) is 0 Å². The Bertz CT molecular complexity index is 537. The van der Waals surface area contributed by atoms with Gasteiger partial charge < -0.3 is 0 Å². The molecule has 1 aromatic carbocycles. The normalized spacial score (nSPS) is 18.3. The molecule has 0 atom stereocenters. The summed E-state index contributed by atoms with van der Waals surface area (Å²) in [5.74, 6) is -0.456. The Morgan fingerprint density at radius 2 is 1.94 bits per heavy atom. The van der Waals surface area contributed by atoms with E-state index in [9.17, 15) is 9.59 Å². The van der Waals surface area contributed by atoms with E-state index in [4.69, 9.17) is 23.2 Å². The van der Waals surface area contributed by atoms with Crippen LogP contribution in [0.1, 0.15) is 12.0 Å². The van der Waals surface area contributed by atoms with Gasteiger partial charge in [0.15, 0.2) is 0 Å². The number of amides is 2. The molecule has 0 N–H and O–H groups in total. The molecule has 1 aliphatic rings. The second-order valence-electron chi connectivity index (χ2n) is 3.78. The van der Waals surface area contributed by atoms with E-state index >= 15 is 0 Å². The van der Waals surface area contributed by atoms with Gasteiger partial charge >= 0.3 is 0 Å². The fraction of sp³-hybridized carbons (Fsp3) is 0.167. The summed E-state index contributed by atoms with van der Waals surface area (Å²) in [6.45, 7) is 0. The van der Waals surface area contributed by atoms with E-state index in [1.165, 1.54) is 7.05 Å². The van der Waals surface area contributed by atoms with Crippen molar-refractivity contribution in [3.8, 4) is 0 Å². The fourth-order valence-electron chi connectivity index (χ4n) is 1.60. The number of likely N-dealkylation sites (tertiary alicyclic amines) is 1. The number of nitrogens with zero attached hydrogens (tertiary/aromatic N) is 1. The zero-order chi connectivity index (χ0) is 12.6. The van der Waals surface area contributed by atoms with E-state index in [1.807, 2.05) is 0 Å². The number of carbonyl (C=O) groups is 2. The van der Waals surface area contributed by atoms with Crippen LogP contribution in [0.5, 0.6) is 0 Å². The van der Waals surface area contributed by atoms with E-state index in [2.05, 4.69) is 0 Å². The van der Waals surface area contributed by atoms with Gasteiger partial charge in [-0.05, 0) is 23.8 Å². The Kier molecular flexibility index (Phi) is 3.22. The first-order valence-electron chi connectivity index (χ1n) is 4.95. The molecule has 2 rings (SSSR count). The van der Waals surface area contributed by atoms with Gasteiger partial charge in [0, 0.05) is 12.6 Å². The van der Waals surface area contributed by atoms with Gasteiger partial charge in [-0.2, -0.15) is 0 Å². The predicted octanol–water partition coefficient (Wildman–Crippen LogP) is 2.77. The van der Waals surface area contributed by atoms with Crippen LogP contribution in [-0.4, -0.2) is 23.8 Å². The number of carbonyl (C=O) groups excluding carboxylic acids is 2. The summed E-state index contributed by atoms with van der Waals surface area (Å²) in [5, 5.41) is 0.880. The van der Waals surface area contributed by atoms with Crippen molar-refractivity contribution in [3.05, 3.63) is 39.4 Å². The molecule has 2 amide bonds. The third-order valence-corrected chi connectivity index (χ3v) is 3.32. The van der Waals surface area contributed by atoms with Crippen LogP contribution in [0, 0.1) is 0 Å². The lowest BCUT2D eigenvalue weighted by molar-refractivity contribution is -0.135. The maximum atomic E-state index is 11.6. The summed E-state index contributed by atoms with van der Waals surface area (Å²) >= 11 is 11.7. The third kappa shape index (κ3) is 2.35. The Morgan fingerprint density at radius 1 is 1.24 bits per heavy atom. The molecule has 0 unspecified atom stereocenters. The van der Waals surface area contributed by atoms with E-state index in [1.54, 1.807) is 24.3 Å². The fourth-order valence-corrected chi connectivity index (χ4v) is 1.91. The van der Waals surface area contributed by atoms with Gasteiger partial charge in [-0.25, -0.2) is 0 Å². The minimum absolute atomic E-state index is 0.135. The molecule has 3 nitrogen and oxygen atoms in total. The Hall–Kier alpha value is -1.32. The molecule has 5 heteroatoms. The van der Waals surface area contributed by atoms with E-state index < -0.39 is 0 Å². The van der Waals surface area contributed by atoms with Gasteiger partial charge in [0.1, 0.15) is 0 Å². The predicted molar refractivity (Wildman–Crippen MR) is 66.8 cm³/mol. The summed E-state index contributed by atoms with van der Waals surface area (Å²) in [6, 6.07) is 5.06. The Labute approximate surface area is 109 Å². The Balaban J connectivity index is 2.34. The van der Waals surface area contributed by atoms with Crippen molar-refractivity contribution in [2.45, 2.75) is 6.42 Å². The zero-order valence-corrected chi connectivity index (χ0v) is 10.5. The quantitative estimate of drug-likeness (QED) is 0.581. The minimum Gasteiger partial charge on any atom is -0.282 e. The number of imide groups is 1. The summed E-state index contributed by atoms with van der Waals surface area (Å²) in [6.07, 6.45) is 1.79. The summed E-state index contributed by atoms with van der Waals surface area (Å²) in [4.78, 5) is 24.1. The molecule has 0 saturated carbocycles. The summed E-state index contributed by atoms with van der Waals surface area (Å²) in [7, 11) is 1.47. The first kappa shape index (κ1) is 12.1. The summed E-state index contributed by atoms with van der Waals surface area (Å²) in [5.41, 5.74) is 1.22. The second kappa shape index (κ2) is 4.51. The molecule has 0 aromatic heterocycles. The van der Waals surface area contributed by atoms with E-state index in [-0.39, 0.29) is 18.2 Å². The lowest BCUT2D eigenvalue weighted by Crippen LogP contribution is -2.23. The average Bonchev–Trinajstić information content (AvgIpc) is 2.52. The van der Waals surface area contributed by atoms with Crippen LogP contribution < -0.4 is 0 Å². The molecule has 88 valence electrons. The second-order valence-corrected chi connectivity index (χ2v) is 4.59. The molecule has 1 aromatic rings. The van der Waals surface area contributed by atoms with Crippen molar-refractivity contribution in [1.82, 2.24) is 4.90 Å². The molecular formula is C12H9Cl2NO2. The highest BCUT2D eigenvalue weighted by Crippen LogP contribution is 2.25. The van der Waals surface area contributed by atoms with Crippen LogP contribution >= 0.6 is 23.2 Å². The van der Waals surface area contributed by atoms with Crippen LogP contribution in [0.15, 0.2) is 23.8 Å². The SMILES string of the molecule is CN1C(=O)C/C(=C\c2ccc(Cl)c(Cl)c2)C1=O. The van der Waals surface area contributed by atoms with Crippen molar-refractivity contribution < 1.29 is 9.59 Å². The molecule has 0 spiro atoms. The number of hydrogen-bond acceptors (Lipinski definition) is 2. The Morgan fingerprint density at radius 3 is 2.47 bits per heavy atom. The maximum absolute atomic E-state index is 11.6. The smallest absolute Gasteiger partial charge is 0.256 e. The van der Waals surface area contributed by atoms with Crippen LogP contribution in [0.3, 0.4) is 0 Å². The highest BCUT2D eigenvalue weighted by molar-refractivity contribution is 6.42. The lowest BCUT2D eigenvalue weighted by Gasteiger charge is -2.03. The van der Waals surface area contributed by atoms with Gasteiger partial charge in [-0.1, -0.05) is 29.3 Å². The monoisotopic (exact) mass is 269 g/mol. The molecular weight excluding hydrogens is 261 g/mol. The molecule has 1 heterocycles. The molecule has 0 radical (unpaired) electrons. The van der Waals surface area contributed by atoms with Gasteiger partial charge in [0.25, 0.3) is 5.91 Å². The molecule has 0 bridgehead atoms. The number of hydrogen-bond donors (Lipinski definition) is 0. The van der Waals surface area contributed by atoms with Crippen LogP contribution in [0.25, 0.3) is 6.08 Å². The van der Waals surface area contributed by atoms with Crippen molar-refractivity contribution in [2.75, 3.05) is 7.05 Å². The zero-order valence-electron chi connectivity index (χ0n) is 9.04. The third-order valence-electron chi connectivity index (χ3n) is 2.58.